The summed E-state index contributed by atoms with van der Waals surface area (Å²) in [7, 11) is 1.52. The summed E-state index contributed by atoms with van der Waals surface area (Å²) in [5.41, 5.74) is -0.613. The Kier molecular flexibility index (Phi) is 6.68. The van der Waals surface area contributed by atoms with Crippen molar-refractivity contribution < 1.29 is 28.6 Å². The van der Waals surface area contributed by atoms with Crippen molar-refractivity contribution in [3.05, 3.63) is 66.0 Å². The van der Waals surface area contributed by atoms with Crippen LogP contribution in [0.4, 0.5) is 10.1 Å². The second-order valence-corrected chi connectivity index (χ2v) is 7.02. The third kappa shape index (κ3) is 5.36. The molecule has 8 heteroatoms. The molecule has 0 atom stereocenters. The fourth-order valence-corrected chi connectivity index (χ4v) is 3.11. The number of nitrogens with one attached hydrogen (secondary N) is 2. The van der Waals surface area contributed by atoms with Gasteiger partial charge < -0.3 is 25.2 Å². The van der Waals surface area contributed by atoms with Gasteiger partial charge in [-0.25, -0.2) is 4.39 Å². The van der Waals surface area contributed by atoms with Gasteiger partial charge in [0.25, 0.3) is 11.8 Å². The summed E-state index contributed by atoms with van der Waals surface area (Å²) in [4.78, 5) is 24.7. The summed E-state index contributed by atoms with van der Waals surface area (Å²) < 4.78 is 24.5. The molecule has 3 rings (SSSR count). The Balaban J connectivity index is 1.62. The Hall–Kier alpha value is -3.39. The molecular weight excluding hydrogens is 391 g/mol. The monoisotopic (exact) mass is 414 g/mol. The number of carbonyl (C=O) groups is 2. The highest BCUT2D eigenvalue weighted by Crippen LogP contribution is 2.24. The molecule has 0 unspecified atom stereocenters. The van der Waals surface area contributed by atoms with Gasteiger partial charge in [0.05, 0.1) is 19.3 Å². The van der Waals surface area contributed by atoms with E-state index in [1.807, 2.05) is 12.2 Å². The average molecular weight is 414 g/mol. The molecule has 30 heavy (non-hydrogen) atoms. The summed E-state index contributed by atoms with van der Waals surface area (Å²) in [6.07, 6.45) is 4.73. The van der Waals surface area contributed by atoms with E-state index in [1.165, 1.54) is 13.2 Å². The number of hydrogen-bond donors (Lipinski definition) is 3. The molecule has 1 aliphatic rings. The maximum absolute atomic E-state index is 14.0. The number of ether oxygens (including phenoxy) is 2. The number of rotatable bonds is 8. The normalized spacial score (nSPS) is 14.2. The second-order valence-electron chi connectivity index (χ2n) is 7.02. The van der Waals surface area contributed by atoms with Gasteiger partial charge in [-0.15, -0.1) is 0 Å². The third-order valence-electron chi connectivity index (χ3n) is 4.72. The molecule has 7 nitrogen and oxygen atoms in total. The van der Waals surface area contributed by atoms with Crippen LogP contribution in [0.15, 0.2) is 54.6 Å². The standard InChI is InChI=1S/C22H23FN2O5/c1-29-18-5-4-6-19(12-18)30-13-20(27)24-17-10-15(9-16(23)11-17)21(28)25-22(14-26)7-2-3-8-22/h2-6,9-12,26H,7-8,13-14H2,1H3,(H,24,27)(H,25,28). The Labute approximate surface area is 173 Å². The van der Waals surface area contributed by atoms with E-state index < -0.39 is 23.2 Å². The summed E-state index contributed by atoms with van der Waals surface area (Å²) in [5, 5.41) is 14.9. The van der Waals surface area contributed by atoms with Gasteiger partial charge in [-0.3, -0.25) is 9.59 Å². The van der Waals surface area contributed by atoms with Gasteiger partial charge in [-0.2, -0.15) is 0 Å². The molecule has 0 bridgehead atoms. The zero-order valence-electron chi connectivity index (χ0n) is 16.5. The number of benzene rings is 2. The van der Waals surface area contributed by atoms with Crippen LogP contribution in [0.25, 0.3) is 0 Å². The Morgan fingerprint density at radius 2 is 1.87 bits per heavy atom. The zero-order valence-corrected chi connectivity index (χ0v) is 16.5. The maximum Gasteiger partial charge on any atom is 0.262 e. The van der Waals surface area contributed by atoms with Gasteiger partial charge in [-0.1, -0.05) is 18.2 Å². The summed E-state index contributed by atoms with van der Waals surface area (Å²) in [6, 6.07) is 10.3. The van der Waals surface area contributed by atoms with E-state index in [-0.39, 0.29) is 24.5 Å². The highest BCUT2D eigenvalue weighted by Gasteiger charge is 2.32. The molecule has 2 amide bonds. The minimum atomic E-state index is -0.780. The van der Waals surface area contributed by atoms with E-state index >= 15 is 0 Å². The quantitative estimate of drug-likeness (QED) is 0.577. The first-order valence-electron chi connectivity index (χ1n) is 9.39. The largest absolute Gasteiger partial charge is 0.497 e. The van der Waals surface area contributed by atoms with E-state index in [4.69, 9.17) is 9.47 Å². The van der Waals surface area contributed by atoms with Crippen LogP contribution in [0.3, 0.4) is 0 Å². The molecule has 1 aliphatic carbocycles. The topological polar surface area (TPSA) is 96.9 Å². The van der Waals surface area contributed by atoms with Crippen LogP contribution < -0.4 is 20.1 Å². The van der Waals surface area contributed by atoms with Gasteiger partial charge in [0.15, 0.2) is 6.61 Å². The fraction of sp³-hybridized carbons (Fsp3) is 0.273. The Morgan fingerprint density at radius 3 is 2.57 bits per heavy atom. The van der Waals surface area contributed by atoms with Crippen molar-refractivity contribution in [1.29, 1.82) is 0 Å². The molecule has 2 aromatic carbocycles. The predicted molar refractivity (Wildman–Crippen MR) is 109 cm³/mol. The van der Waals surface area contributed by atoms with Crippen molar-refractivity contribution in [3.63, 3.8) is 0 Å². The average Bonchev–Trinajstić information content (AvgIpc) is 3.21. The van der Waals surface area contributed by atoms with Crippen LogP contribution in [-0.4, -0.2) is 42.8 Å². The van der Waals surface area contributed by atoms with Crippen molar-refractivity contribution in [2.45, 2.75) is 18.4 Å². The van der Waals surface area contributed by atoms with Crippen LogP contribution in [0, 0.1) is 5.82 Å². The minimum Gasteiger partial charge on any atom is -0.497 e. The number of methoxy groups -OCH3 is 1. The number of aliphatic hydroxyl groups excluding tert-OH is 1. The lowest BCUT2D eigenvalue weighted by Crippen LogP contribution is -2.49. The molecule has 0 radical (unpaired) electrons. The van der Waals surface area contributed by atoms with Crippen molar-refractivity contribution in [1.82, 2.24) is 5.32 Å². The maximum atomic E-state index is 14.0. The second kappa shape index (κ2) is 9.41. The van der Waals surface area contributed by atoms with Crippen LogP contribution in [0.5, 0.6) is 11.5 Å². The number of hydrogen-bond acceptors (Lipinski definition) is 5. The molecule has 0 aliphatic heterocycles. The molecule has 3 N–H and O–H groups in total. The van der Waals surface area contributed by atoms with E-state index in [0.29, 0.717) is 24.3 Å². The van der Waals surface area contributed by atoms with Crippen LogP contribution in [0.2, 0.25) is 0 Å². The molecule has 158 valence electrons. The fourth-order valence-electron chi connectivity index (χ4n) is 3.11. The van der Waals surface area contributed by atoms with E-state index in [2.05, 4.69) is 10.6 Å². The lowest BCUT2D eigenvalue weighted by molar-refractivity contribution is -0.118. The van der Waals surface area contributed by atoms with Crippen LogP contribution in [-0.2, 0) is 4.79 Å². The van der Waals surface area contributed by atoms with Gasteiger partial charge in [0.2, 0.25) is 0 Å². The van der Waals surface area contributed by atoms with Crippen molar-refractivity contribution in [2.24, 2.45) is 0 Å². The van der Waals surface area contributed by atoms with Crippen LogP contribution in [0.1, 0.15) is 23.2 Å². The van der Waals surface area contributed by atoms with Gasteiger partial charge in [-0.05, 0) is 43.2 Å². The highest BCUT2D eigenvalue weighted by atomic mass is 19.1. The Bertz CT molecular complexity index is 952. The van der Waals surface area contributed by atoms with Crippen molar-refractivity contribution in [3.8, 4) is 11.5 Å². The number of aliphatic hydroxyl groups is 1. The molecule has 0 aromatic heterocycles. The molecule has 0 fully saturated rings. The number of carbonyl (C=O) groups excluding carboxylic acids is 2. The van der Waals surface area contributed by atoms with E-state index in [0.717, 1.165) is 12.1 Å². The van der Waals surface area contributed by atoms with E-state index in [9.17, 15) is 19.1 Å². The lowest BCUT2D eigenvalue weighted by Gasteiger charge is -2.28. The Morgan fingerprint density at radius 1 is 1.13 bits per heavy atom. The number of halogens is 1. The number of anilines is 1. The van der Waals surface area contributed by atoms with E-state index in [1.54, 1.807) is 24.3 Å². The van der Waals surface area contributed by atoms with Gasteiger partial charge >= 0.3 is 0 Å². The molecule has 2 aromatic rings. The first-order chi connectivity index (χ1) is 14.4. The summed E-state index contributed by atoms with van der Waals surface area (Å²) >= 11 is 0. The smallest absolute Gasteiger partial charge is 0.262 e. The highest BCUT2D eigenvalue weighted by molar-refractivity contribution is 5.98. The van der Waals surface area contributed by atoms with Gasteiger partial charge in [0, 0.05) is 17.3 Å². The lowest BCUT2D eigenvalue weighted by atomic mass is 9.97. The van der Waals surface area contributed by atoms with Crippen molar-refractivity contribution >= 4 is 17.5 Å². The first kappa shape index (κ1) is 21.3. The molecule has 0 spiro atoms. The van der Waals surface area contributed by atoms with Gasteiger partial charge in [0.1, 0.15) is 17.3 Å². The molecule has 0 saturated carbocycles. The number of amides is 2. The van der Waals surface area contributed by atoms with Crippen molar-refractivity contribution in [2.75, 3.05) is 25.6 Å². The third-order valence-corrected chi connectivity index (χ3v) is 4.72. The molecule has 0 saturated heterocycles. The molecular formula is C22H23FN2O5. The predicted octanol–water partition coefficient (Wildman–Crippen LogP) is 2.66. The first-order valence-corrected chi connectivity index (χ1v) is 9.39. The summed E-state index contributed by atoms with van der Waals surface area (Å²) in [6.45, 7) is -0.531. The zero-order chi connectivity index (χ0) is 21.6. The summed E-state index contributed by atoms with van der Waals surface area (Å²) in [5.74, 6) is -0.679. The molecule has 0 heterocycles. The minimum absolute atomic E-state index is 0.0405. The SMILES string of the molecule is COc1cccc(OCC(=O)Nc2cc(F)cc(C(=O)NC3(CO)CC=CC3)c2)c1. The van der Waals surface area contributed by atoms with Crippen LogP contribution >= 0.6 is 0 Å².